The van der Waals surface area contributed by atoms with Gasteiger partial charge in [-0.15, -0.1) is 0 Å². The molecule has 0 saturated carbocycles. The molecule has 2 atom stereocenters. The molecule has 3 aliphatic rings. The molecule has 1 aliphatic heterocycles. The van der Waals surface area contributed by atoms with Gasteiger partial charge in [0, 0.05) is 18.8 Å². The Kier molecular flexibility index (Phi) is 4.34. The van der Waals surface area contributed by atoms with Gasteiger partial charge in [0.25, 0.3) is 0 Å². The first-order valence-electron chi connectivity index (χ1n) is 8.99. The lowest BCUT2D eigenvalue weighted by Gasteiger charge is -2.49. The van der Waals surface area contributed by atoms with Crippen LogP contribution in [0.3, 0.4) is 0 Å². The third kappa shape index (κ3) is 2.18. The van der Waals surface area contributed by atoms with Crippen LogP contribution < -0.4 is 4.90 Å². The Hall–Kier alpha value is -2.60. The van der Waals surface area contributed by atoms with E-state index in [0.717, 1.165) is 31.6 Å². The molecular formula is C21H15Cl2N3O2. The maximum Gasteiger partial charge on any atom is 0.203 e. The van der Waals surface area contributed by atoms with Gasteiger partial charge in [0.05, 0.1) is 12.1 Å². The molecule has 7 heteroatoms. The van der Waals surface area contributed by atoms with Crippen molar-refractivity contribution in [3.8, 4) is 12.1 Å². The minimum Gasteiger partial charge on any atom is -0.372 e. The number of halogens is 2. The van der Waals surface area contributed by atoms with Gasteiger partial charge < -0.3 is 4.90 Å². The van der Waals surface area contributed by atoms with E-state index in [1.807, 2.05) is 36.4 Å². The standard InChI is InChI=1S/C21H15Cl2N3O2/c22-16-17(23)19(28)21(12-25)15(10-20(21,11-24)18(16)27)13-4-6-14(7-5-13)26-8-2-1-3-9-26/h4-7,10H,1-3,8-9H2. The van der Waals surface area contributed by atoms with Crippen LogP contribution in [0.1, 0.15) is 24.8 Å². The summed E-state index contributed by atoms with van der Waals surface area (Å²) in [4.78, 5) is 27.8. The summed E-state index contributed by atoms with van der Waals surface area (Å²) < 4.78 is 0. The van der Waals surface area contributed by atoms with E-state index in [-0.39, 0.29) is 0 Å². The quantitative estimate of drug-likeness (QED) is 0.735. The van der Waals surface area contributed by atoms with Gasteiger partial charge in [-0.05, 0) is 48.6 Å². The Labute approximate surface area is 172 Å². The van der Waals surface area contributed by atoms with E-state index in [0.29, 0.717) is 11.1 Å². The lowest BCUT2D eigenvalue weighted by molar-refractivity contribution is -0.133. The average Bonchev–Trinajstić information content (AvgIpc) is 2.73. The molecular weight excluding hydrogens is 397 g/mol. The van der Waals surface area contributed by atoms with Gasteiger partial charge >= 0.3 is 0 Å². The molecule has 2 aliphatic carbocycles. The van der Waals surface area contributed by atoms with Crippen molar-refractivity contribution in [1.29, 1.82) is 10.5 Å². The van der Waals surface area contributed by atoms with Crippen LogP contribution in [0.15, 0.2) is 40.4 Å². The SMILES string of the molecule is N#CC12C=C(c3ccc(N4CCCCC4)cc3)C1(C#N)C(=O)C(Cl)=C(Cl)C2=O. The van der Waals surface area contributed by atoms with Crippen LogP contribution in [0, 0.1) is 33.5 Å². The van der Waals surface area contributed by atoms with Crippen LogP contribution in [0.25, 0.3) is 5.57 Å². The molecule has 1 heterocycles. The number of fused-ring (bicyclic) bond motifs is 1. The van der Waals surface area contributed by atoms with E-state index in [9.17, 15) is 20.1 Å². The van der Waals surface area contributed by atoms with Crippen molar-refractivity contribution in [2.75, 3.05) is 18.0 Å². The van der Waals surface area contributed by atoms with Gasteiger partial charge in [0.15, 0.2) is 10.8 Å². The van der Waals surface area contributed by atoms with Gasteiger partial charge in [0.2, 0.25) is 11.6 Å². The number of allylic oxidation sites excluding steroid dienone is 4. The Balaban J connectivity index is 1.78. The summed E-state index contributed by atoms with van der Waals surface area (Å²) >= 11 is 11.8. The molecule has 0 radical (unpaired) electrons. The maximum absolute atomic E-state index is 12.9. The van der Waals surface area contributed by atoms with Crippen molar-refractivity contribution < 1.29 is 9.59 Å². The average molecular weight is 412 g/mol. The first kappa shape index (κ1) is 18.7. The second-order valence-electron chi connectivity index (χ2n) is 7.22. The van der Waals surface area contributed by atoms with Gasteiger partial charge in [-0.2, -0.15) is 10.5 Å². The van der Waals surface area contributed by atoms with Crippen LogP contribution in [0.2, 0.25) is 0 Å². The first-order chi connectivity index (χ1) is 13.4. The highest BCUT2D eigenvalue weighted by Gasteiger charge is 2.73. The number of carbonyl (C=O) groups excluding carboxylic acids is 2. The highest BCUT2D eigenvalue weighted by Crippen LogP contribution is 2.64. The molecule has 1 fully saturated rings. The number of nitriles is 2. The Morgan fingerprint density at radius 3 is 2.07 bits per heavy atom. The molecule has 0 spiro atoms. The fraction of sp³-hybridized carbons (Fsp3) is 0.333. The Morgan fingerprint density at radius 2 is 1.50 bits per heavy atom. The van der Waals surface area contributed by atoms with Gasteiger partial charge in [-0.25, -0.2) is 0 Å². The van der Waals surface area contributed by atoms with Crippen LogP contribution in [-0.4, -0.2) is 24.7 Å². The lowest BCUT2D eigenvalue weighted by atomic mass is 9.46. The summed E-state index contributed by atoms with van der Waals surface area (Å²) in [7, 11) is 0. The molecule has 0 bridgehead atoms. The predicted octanol–water partition coefficient (Wildman–Crippen LogP) is 3.93. The van der Waals surface area contributed by atoms with Crippen LogP contribution in [0.4, 0.5) is 5.69 Å². The zero-order chi connectivity index (χ0) is 20.1. The smallest absolute Gasteiger partial charge is 0.203 e. The fourth-order valence-electron chi connectivity index (χ4n) is 4.31. The summed E-state index contributed by atoms with van der Waals surface area (Å²) in [6.07, 6.45) is 4.90. The number of hydrogen-bond donors (Lipinski definition) is 0. The maximum atomic E-state index is 12.9. The van der Waals surface area contributed by atoms with Crippen molar-refractivity contribution in [3.63, 3.8) is 0 Å². The summed E-state index contributed by atoms with van der Waals surface area (Å²) in [5, 5.41) is 18.6. The molecule has 140 valence electrons. The number of ketones is 2. The topological polar surface area (TPSA) is 85.0 Å². The van der Waals surface area contributed by atoms with Crippen LogP contribution in [0.5, 0.6) is 0 Å². The van der Waals surface area contributed by atoms with Crippen molar-refractivity contribution in [2.45, 2.75) is 19.3 Å². The van der Waals surface area contributed by atoms with E-state index in [1.165, 1.54) is 12.5 Å². The van der Waals surface area contributed by atoms with Gasteiger partial charge in [-0.1, -0.05) is 35.3 Å². The van der Waals surface area contributed by atoms with Crippen LogP contribution >= 0.6 is 23.2 Å². The fourth-order valence-corrected chi connectivity index (χ4v) is 4.77. The monoisotopic (exact) mass is 411 g/mol. The number of anilines is 1. The third-order valence-corrected chi connectivity index (χ3v) is 6.71. The molecule has 4 rings (SSSR count). The van der Waals surface area contributed by atoms with Crippen molar-refractivity contribution in [3.05, 3.63) is 46.0 Å². The summed E-state index contributed by atoms with van der Waals surface area (Å²) in [6.45, 7) is 1.99. The molecule has 2 unspecified atom stereocenters. The number of carbonyl (C=O) groups is 2. The molecule has 5 nitrogen and oxygen atoms in total. The zero-order valence-corrected chi connectivity index (χ0v) is 16.3. The lowest BCUT2D eigenvalue weighted by Crippen LogP contribution is -2.59. The summed E-state index contributed by atoms with van der Waals surface area (Å²) in [5.41, 5.74) is -1.91. The molecule has 28 heavy (non-hydrogen) atoms. The zero-order valence-electron chi connectivity index (χ0n) is 14.8. The molecule has 1 saturated heterocycles. The number of benzene rings is 1. The first-order valence-corrected chi connectivity index (χ1v) is 9.74. The number of nitrogens with zero attached hydrogens (tertiary/aromatic N) is 3. The normalized spacial score (nSPS) is 29.4. The van der Waals surface area contributed by atoms with E-state index in [4.69, 9.17) is 23.2 Å². The largest absolute Gasteiger partial charge is 0.372 e. The Morgan fingerprint density at radius 1 is 0.893 bits per heavy atom. The Bertz CT molecular complexity index is 1040. The van der Waals surface area contributed by atoms with E-state index in [2.05, 4.69) is 4.90 Å². The van der Waals surface area contributed by atoms with Crippen LogP contribution in [-0.2, 0) is 9.59 Å². The number of rotatable bonds is 2. The molecule has 0 aromatic heterocycles. The van der Waals surface area contributed by atoms with E-state index >= 15 is 0 Å². The van der Waals surface area contributed by atoms with Crippen molar-refractivity contribution >= 4 is 46.0 Å². The molecule has 0 N–H and O–H groups in total. The highest BCUT2D eigenvalue weighted by molar-refractivity contribution is 6.58. The molecule has 1 aromatic carbocycles. The molecule has 0 amide bonds. The number of piperidine rings is 1. The van der Waals surface area contributed by atoms with E-state index in [1.54, 1.807) is 0 Å². The minimum atomic E-state index is -1.97. The number of Topliss-reactive ketones (excluding diaryl/α,β-unsaturated/α-hetero) is 2. The molecule has 1 aromatic rings. The second kappa shape index (κ2) is 6.48. The highest BCUT2D eigenvalue weighted by atomic mass is 35.5. The minimum absolute atomic E-state index is 0.322. The summed E-state index contributed by atoms with van der Waals surface area (Å²) in [6, 6.07) is 11.2. The van der Waals surface area contributed by atoms with Crippen molar-refractivity contribution in [1.82, 2.24) is 0 Å². The van der Waals surface area contributed by atoms with Gasteiger partial charge in [0.1, 0.15) is 10.1 Å². The predicted molar refractivity (Wildman–Crippen MR) is 105 cm³/mol. The number of hydrogen-bond acceptors (Lipinski definition) is 5. The van der Waals surface area contributed by atoms with Gasteiger partial charge in [-0.3, -0.25) is 9.59 Å². The summed E-state index contributed by atoms with van der Waals surface area (Å²) in [5.74, 6) is -1.61. The van der Waals surface area contributed by atoms with E-state index < -0.39 is 32.5 Å². The van der Waals surface area contributed by atoms with Crippen molar-refractivity contribution in [2.24, 2.45) is 10.8 Å². The second-order valence-corrected chi connectivity index (χ2v) is 7.98. The third-order valence-electron chi connectivity index (χ3n) is 5.89.